The van der Waals surface area contributed by atoms with Crippen molar-refractivity contribution in [1.29, 1.82) is 0 Å². The van der Waals surface area contributed by atoms with Crippen molar-refractivity contribution in [2.45, 2.75) is 6.92 Å². The molecule has 0 atom stereocenters. The van der Waals surface area contributed by atoms with Gasteiger partial charge in [0.1, 0.15) is 12.0 Å². The predicted octanol–water partition coefficient (Wildman–Crippen LogP) is 3.36. The Balaban J connectivity index is 1.71. The van der Waals surface area contributed by atoms with E-state index >= 15 is 0 Å². The Bertz CT molecular complexity index is 1160. The van der Waals surface area contributed by atoms with Crippen LogP contribution in [0.1, 0.15) is 17.3 Å². The molecule has 0 aliphatic carbocycles. The molecule has 9 heteroatoms. The van der Waals surface area contributed by atoms with Crippen molar-refractivity contribution in [2.24, 2.45) is 0 Å². The molecule has 0 saturated carbocycles. The van der Waals surface area contributed by atoms with Crippen LogP contribution in [0.3, 0.4) is 0 Å². The number of aromatic amines is 1. The lowest BCUT2D eigenvalue weighted by molar-refractivity contribution is 0.0526. The third kappa shape index (κ3) is 3.45. The first kappa shape index (κ1) is 18.4. The summed E-state index contributed by atoms with van der Waals surface area (Å²) in [6.07, 6.45) is 1.54. The van der Waals surface area contributed by atoms with Gasteiger partial charge in [-0.05, 0) is 49.4 Å². The second kappa shape index (κ2) is 7.55. The fourth-order valence-electron chi connectivity index (χ4n) is 2.94. The van der Waals surface area contributed by atoms with Crippen LogP contribution in [-0.2, 0) is 4.74 Å². The number of hydrogen-bond donors (Lipinski definition) is 3. The van der Waals surface area contributed by atoms with Crippen LogP contribution in [0.5, 0.6) is 11.5 Å². The number of anilines is 2. The van der Waals surface area contributed by atoms with Gasteiger partial charge >= 0.3 is 5.97 Å². The molecule has 2 aromatic carbocycles. The van der Waals surface area contributed by atoms with Gasteiger partial charge < -0.3 is 19.9 Å². The topological polar surface area (TPSA) is 114 Å². The van der Waals surface area contributed by atoms with E-state index in [2.05, 4.69) is 20.4 Å². The predicted molar refractivity (Wildman–Crippen MR) is 107 cm³/mol. The summed E-state index contributed by atoms with van der Waals surface area (Å²) in [4.78, 5) is 20.6. The zero-order chi connectivity index (χ0) is 20.4. The van der Waals surface area contributed by atoms with E-state index in [-0.39, 0.29) is 11.7 Å². The number of ether oxygens (including phenoxy) is 2. The number of esters is 1. The fourth-order valence-corrected chi connectivity index (χ4v) is 2.94. The Labute approximate surface area is 165 Å². The summed E-state index contributed by atoms with van der Waals surface area (Å²) >= 11 is 0. The Morgan fingerprint density at radius 1 is 1.24 bits per heavy atom. The van der Waals surface area contributed by atoms with E-state index < -0.39 is 0 Å². The van der Waals surface area contributed by atoms with Gasteiger partial charge in [0.2, 0.25) is 0 Å². The summed E-state index contributed by atoms with van der Waals surface area (Å²) < 4.78 is 11.9. The first-order valence-corrected chi connectivity index (χ1v) is 8.94. The SMILES string of the molecule is CCOC(=O)c1ccc(Nc2c(-c3ccc(O)c(OC)c3)nc3nc[nH]n23)cc1. The van der Waals surface area contributed by atoms with Crippen molar-refractivity contribution < 1.29 is 19.4 Å². The fraction of sp³-hybridized carbons (Fsp3) is 0.150. The van der Waals surface area contributed by atoms with Gasteiger partial charge in [0, 0.05) is 11.3 Å². The van der Waals surface area contributed by atoms with E-state index in [0.29, 0.717) is 35.2 Å². The number of phenolic OH excluding ortho intramolecular Hbond substituents is 1. The number of H-pyrrole nitrogens is 1. The van der Waals surface area contributed by atoms with Crippen LogP contribution in [-0.4, -0.2) is 44.4 Å². The summed E-state index contributed by atoms with van der Waals surface area (Å²) in [5.74, 6) is 1.16. The maximum Gasteiger partial charge on any atom is 0.338 e. The number of aromatic nitrogens is 4. The lowest BCUT2D eigenvalue weighted by atomic mass is 10.1. The molecule has 0 radical (unpaired) electrons. The number of aromatic hydroxyl groups is 1. The molecule has 3 N–H and O–H groups in total. The number of benzene rings is 2. The molecule has 9 nitrogen and oxygen atoms in total. The van der Waals surface area contributed by atoms with Crippen molar-refractivity contribution in [3.63, 3.8) is 0 Å². The number of rotatable bonds is 6. The minimum Gasteiger partial charge on any atom is -0.504 e. The number of imidazole rings is 1. The molecule has 0 unspecified atom stereocenters. The Morgan fingerprint density at radius 2 is 2.03 bits per heavy atom. The normalized spacial score (nSPS) is 10.8. The van der Waals surface area contributed by atoms with Gasteiger partial charge in [-0.1, -0.05) is 0 Å². The molecule has 0 bridgehead atoms. The van der Waals surface area contributed by atoms with Crippen molar-refractivity contribution in [2.75, 3.05) is 19.0 Å². The first-order chi connectivity index (χ1) is 14.1. The van der Waals surface area contributed by atoms with E-state index in [9.17, 15) is 9.90 Å². The van der Waals surface area contributed by atoms with Crippen molar-refractivity contribution in [3.8, 4) is 22.8 Å². The molecule has 0 aliphatic heterocycles. The molecule has 0 aliphatic rings. The van der Waals surface area contributed by atoms with Gasteiger partial charge in [0.25, 0.3) is 5.78 Å². The standard InChI is InChI=1S/C20H19N5O4/c1-3-29-19(27)12-4-7-14(8-5-12)23-18-17(24-20-21-11-22-25(18)20)13-6-9-15(26)16(10-13)28-2/h4-11,23,26H,3H2,1-2H3,(H,21,22,24). The van der Waals surface area contributed by atoms with Crippen molar-refractivity contribution in [3.05, 3.63) is 54.4 Å². The molecule has 2 heterocycles. The lowest BCUT2D eigenvalue weighted by Gasteiger charge is -2.10. The van der Waals surface area contributed by atoms with Crippen LogP contribution < -0.4 is 10.1 Å². The molecule has 4 aromatic rings. The van der Waals surface area contributed by atoms with E-state index in [4.69, 9.17) is 9.47 Å². The van der Waals surface area contributed by atoms with Gasteiger partial charge in [0.15, 0.2) is 17.3 Å². The molecule has 148 valence electrons. The highest BCUT2D eigenvalue weighted by Gasteiger charge is 2.18. The summed E-state index contributed by atoms with van der Waals surface area (Å²) in [7, 11) is 1.49. The summed E-state index contributed by atoms with van der Waals surface area (Å²) in [5.41, 5.74) is 2.59. The van der Waals surface area contributed by atoms with Crippen LogP contribution in [0.15, 0.2) is 48.8 Å². The van der Waals surface area contributed by atoms with Gasteiger partial charge in [-0.3, -0.25) is 5.10 Å². The van der Waals surface area contributed by atoms with E-state index in [1.165, 1.54) is 7.11 Å². The third-order valence-corrected chi connectivity index (χ3v) is 4.34. The largest absolute Gasteiger partial charge is 0.504 e. The maximum atomic E-state index is 11.8. The first-order valence-electron chi connectivity index (χ1n) is 8.94. The second-order valence-corrected chi connectivity index (χ2v) is 6.14. The maximum absolute atomic E-state index is 11.8. The lowest BCUT2D eigenvalue weighted by Crippen LogP contribution is -2.04. The molecule has 2 aromatic heterocycles. The zero-order valence-corrected chi connectivity index (χ0v) is 15.8. The molecule has 0 amide bonds. The van der Waals surface area contributed by atoms with Gasteiger partial charge in [-0.25, -0.2) is 19.3 Å². The quantitative estimate of drug-likeness (QED) is 0.430. The van der Waals surface area contributed by atoms with E-state index in [1.807, 2.05) is 0 Å². The number of phenols is 1. The van der Waals surface area contributed by atoms with Crippen LogP contribution in [0.25, 0.3) is 17.0 Å². The summed E-state index contributed by atoms with van der Waals surface area (Å²) in [6, 6.07) is 11.9. The Kier molecular flexibility index (Phi) is 4.78. The minimum atomic E-state index is -0.365. The Morgan fingerprint density at radius 3 is 2.76 bits per heavy atom. The molecule has 0 spiro atoms. The van der Waals surface area contributed by atoms with Gasteiger partial charge in [-0.15, -0.1) is 0 Å². The summed E-state index contributed by atoms with van der Waals surface area (Å²) in [5, 5.41) is 16.2. The van der Waals surface area contributed by atoms with Crippen LogP contribution in [0.4, 0.5) is 11.5 Å². The number of methoxy groups -OCH3 is 1. The molecule has 4 rings (SSSR count). The number of hydrogen-bond acceptors (Lipinski definition) is 7. The van der Waals surface area contributed by atoms with Crippen LogP contribution >= 0.6 is 0 Å². The molecule has 0 fully saturated rings. The molecule has 0 saturated heterocycles. The summed E-state index contributed by atoms with van der Waals surface area (Å²) in [6.45, 7) is 2.09. The molecule has 29 heavy (non-hydrogen) atoms. The number of carbonyl (C=O) groups is 1. The van der Waals surface area contributed by atoms with Gasteiger partial charge in [-0.2, -0.15) is 0 Å². The third-order valence-electron chi connectivity index (χ3n) is 4.34. The highest BCUT2D eigenvalue weighted by molar-refractivity contribution is 5.90. The molecular formula is C20H19N5O4. The van der Waals surface area contributed by atoms with E-state index in [1.54, 1.807) is 60.2 Å². The monoisotopic (exact) mass is 393 g/mol. The average molecular weight is 393 g/mol. The zero-order valence-electron chi connectivity index (χ0n) is 15.8. The highest BCUT2D eigenvalue weighted by Crippen LogP contribution is 2.35. The van der Waals surface area contributed by atoms with Crippen molar-refractivity contribution >= 4 is 23.3 Å². The van der Waals surface area contributed by atoms with Crippen LogP contribution in [0.2, 0.25) is 0 Å². The average Bonchev–Trinajstić information content (AvgIpc) is 3.32. The smallest absolute Gasteiger partial charge is 0.338 e. The van der Waals surface area contributed by atoms with Crippen molar-refractivity contribution in [1.82, 2.24) is 19.6 Å². The van der Waals surface area contributed by atoms with Crippen LogP contribution in [0, 0.1) is 0 Å². The van der Waals surface area contributed by atoms with E-state index in [0.717, 1.165) is 11.3 Å². The number of nitrogens with one attached hydrogen (secondary N) is 2. The highest BCUT2D eigenvalue weighted by atomic mass is 16.5. The minimum absolute atomic E-state index is 0.0446. The Hall–Kier alpha value is -4.01. The number of nitrogens with zero attached hydrogens (tertiary/aromatic N) is 3. The number of fused-ring (bicyclic) bond motifs is 1. The van der Waals surface area contributed by atoms with Gasteiger partial charge in [0.05, 0.1) is 19.3 Å². The second-order valence-electron chi connectivity index (χ2n) is 6.14. The number of carbonyl (C=O) groups excluding carboxylic acids is 1. The molecular weight excluding hydrogens is 374 g/mol.